The average molecular weight is 342 g/mol. The molecule has 3 amide bonds. The number of rotatable bonds is 5. The number of benzene rings is 1. The monoisotopic (exact) mass is 342 g/mol. The first kappa shape index (κ1) is 16.4. The topological polar surface area (TPSA) is 57.7 Å². The Bertz CT molecular complexity index is 750. The number of carbonyl (C=O) groups excluding carboxylic acids is 3. The van der Waals surface area contributed by atoms with E-state index in [-0.39, 0.29) is 36.7 Å². The summed E-state index contributed by atoms with van der Waals surface area (Å²) in [6, 6.07) is 10.7. The molecular formula is C18H18N2O3S. The van der Waals surface area contributed by atoms with Gasteiger partial charge in [0.15, 0.2) is 0 Å². The van der Waals surface area contributed by atoms with Gasteiger partial charge in [0.05, 0.1) is 17.2 Å². The van der Waals surface area contributed by atoms with Crippen molar-refractivity contribution in [3.63, 3.8) is 0 Å². The van der Waals surface area contributed by atoms with Crippen LogP contribution in [0.1, 0.15) is 45.0 Å². The van der Waals surface area contributed by atoms with Crippen molar-refractivity contribution in [1.29, 1.82) is 0 Å². The Balaban J connectivity index is 1.63. The third-order valence-electron chi connectivity index (χ3n) is 4.36. The maximum atomic E-state index is 12.4. The summed E-state index contributed by atoms with van der Waals surface area (Å²) in [4.78, 5) is 40.9. The molecule has 1 aliphatic rings. The van der Waals surface area contributed by atoms with Crippen molar-refractivity contribution in [2.75, 3.05) is 13.6 Å². The molecule has 1 aromatic heterocycles. The Kier molecular flexibility index (Phi) is 4.49. The molecule has 2 aromatic rings. The molecule has 0 fully saturated rings. The molecule has 24 heavy (non-hydrogen) atoms. The average Bonchev–Trinajstić information content (AvgIpc) is 3.21. The van der Waals surface area contributed by atoms with Crippen molar-refractivity contribution in [2.24, 2.45) is 0 Å². The zero-order chi connectivity index (χ0) is 17.3. The standard InChI is InChI=1S/C18H18N2O3S/c1-12(15-8-5-11-24-15)19(2)16(21)9-10-20-17(22)13-6-3-4-7-14(13)18(20)23/h3-8,11-12H,9-10H2,1-2H3/t12-/m1/s1. The Hall–Kier alpha value is -2.47. The van der Waals surface area contributed by atoms with Crippen LogP contribution in [0.15, 0.2) is 41.8 Å². The predicted molar refractivity (Wildman–Crippen MR) is 91.9 cm³/mol. The van der Waals surface area contributed by atoms with Gasteiger partial charge in [-0.1, -0.05) is 18.2 Å². The van der Waals surface area contributed by atoms with Gasteiger partial charge in [-0.2, -0.15) is 0 Å². The van der Waals surface area contributed by atoms with Gasteiger partial charge < -0.3 is 4.90 Å². The van der Waals surface area contributed by atoms with Crippen LogP contribution in [0.25, 0.3) is 0 Å². The van der Waals surface area contributed by atoms with Gasteiger partial charge in [0.25, 0.3) is 11.8 Å². The molecule has 0 saturated heterocycles. The zero-order valence-corrected chi connectivity index (χ0v) is 14.4. The van der Waals surface area contributed by atoms with E-state index in [0.717, 1.165) is 9.78 Å². The van der Waals surface area contributed by atoms with Crippen LogP contribution in [0.3, 0.4) is 0 Å². The molecule has 6 heteroatoms. The second-order valence-electron chi connectivity index (χ2n) is 5.75. The SMILES string of the molecule is C[C@H](c1cccs1)N(C)C(=O)CCN1C(=O)c2ccccc2C1=O. The second kappa shape index (κ2) is 6.57. The maximum Gasteiger partial charge on any atom is 0.261 e. The number of thiophene rings is 1. The fourth-order valence-corrected chi connectivity index (χ4v) is 3.59. The third kappa shape index (κ3) is 2.85. The number of imide groups is 1. The minimum Gasteiger partial charge on any atom is -0.338 e. The Morgan fingerprint density at radius 2 is 1.75 bits per heavy atom. The van der Waals surface area contributed by atoms with E-state index in [0.29, 0.717) is 11.1 Å². The molecule has 0 saturated carbocycles. The molecule has 0 N–H and O–H groups in total. The molecule has 5 nitrogen and oxygen atoms in total. The first-order chi connectivity index (χ1) is 11.5. The number of nitrogens with zero attached hydrogens (tertiary/aromatic N) is 2. The molecule has 0 spiro atoms. The minimum absolute atomic E-state index is 0.0281. The zero-order valence-electron chi connectivity index (χ0n) is 13.6. The largest absolute Gasteiger partial charge is 0.338 e. The van der Waals surface area contributed by atoms with Crippen LogP contribution in [0.5, 0.6) is 0 Å². The van der Waals surface area contributed by atoms with E-state index in [4.69, 9.17) is 0 Å². The normalized spacial score (nSPS) is 14.7. The van der Waals surface area contributed by atoms with E-state index in [1.54, 1.807) is 47.5 Å². The summed E-state index contributed by atoms with van der Waals surface area (Å²) in [6.07, 6.45) is 0.123. The van der Waals surface area contributed by atoms with Crippen LogP contribution in [-0.4, -0.2) is 41.1 Å². The summed E-state index contributed by atoms with van der Waals surface area (Å²) < 4.78 is 0. The molecule has 2 heterocycles. The van der Waals surface area contributed by atoms with Crippen LogP contribution in [0, 0.1) is 0 Å². The molecule has 1 atom stereocenters. The highest BCUT2D eigenvalue weighted by atomic mass is 32.1. The van der Waals surface area contributed by atoms with Gasteiger partial charge in [-0.3, -0.25) is 19.3 Å². The summed E-state index contributed by atoms with van der Waals surface area (Å²) >= 11 is 1.60. The lowest BCUT2D eigenvalue weighted by atomic mass is 10.1. The van der Waals surface area contributed by atoms with Crippen LogP contribution < -0.4 is 0 Å². The molecule has 0 unspecified atom stereocenters. The van der Waals surface area contributed by atoms with Crippen LogP contribution in [0.4, 0.5) is 0 Å². The lowest BCUT2D eigenvalue weighted by Gasteiger charge is -2.25. The summed E-state index contributed by atoms with van der Waals surface area (Å²) in [7, 11) is 1.75. The van der Waals surface area contributed by atoms with Gasteiger partial charge in [0.2, 0.25) is 5.91 Å². The predicted octanol–water partition coefficient (Wildman–Crippen LogP) is 2.95. The molecule has 0 bridgehead atoms. The highest BCUT2D eigenvalue weighted by molar-refractivity contribution is 7.10. The van der Waals surface area contributed by atoms with Crippen LogP contribution >= 0.6 is 11.3 Å². The lowest BCUT2D eigenvalue weighted by molar-refractivity contribution is -0.131. The second-order valence-corrected chi connectivity index (χ2v) is 6.73. The van der Waals surface area contributed by atoms with Crippen molar-refractivity contribution in [1.82, 2.24) is 9.80 Å². The Morgan fingerprint density at radius 1 is 1.12 bits per heavy atom. The van der Waals surface area contributed by atoms with Gasteiger partial charge in [-0.15, -0.1) is 11.3 Å². The molecule has 1 aliphatic heterocycles. The number of fused-ring (bicyclic) bond motifs is 1. The smallest absolute Gasteiger partial charge is 0.261 e. The van der Waals surface area contributed by atoms with Crippen LogP contribution in [-0.2, 0) is 4.79 Å². The number of carbonyl (C=O) groups is 3. The molecule has 1 aromatic carbocycles. The maximum absolute atomic E-state index is 12.4. The lowest BCUT2D eigenvalue weighted by Crippen LogP contribution is -2.36. The molecule has 124 valence electrons. The van der Waals surface area contributed by atoms with Gasteiger partial charge in [0.1, 0.15) is 0 Å². The van der Waals surface area contributed by atoms with E-state index in [1.165, 1.54) is 0 Å². The first-order valence-corrected chi connectivity index (χ1v) is 8.63. The van der Waals surface area contributed by atoms with Gasteiger partial charge in [0, 0.05) is 24.9 Å². The Labute approximate surface area is 144 Å². The van der Waals surface area contributed by atoms with Gasteiger partial charge in [-0.05, 0) is 30.5 Å². The fraction of sp³-hybridized carbons (Fsp3) is 0.278. The van der Waals surface area contributed by atoms with E-state index in [2.05, 4.69) is 0 Å². The summed E-state index contributed by atoms with van der Waals surface area (Å²) in [5.41, 5.74) is 0.825. The van der Waals surface area contributed by atoms with Gasteiger partial charge in [-0.25, -0.2) is 0 Å². The highest BCUT2D eigenvalue weighted by Gasteiger charge is 2.35. The fourth-order valence-electron chi connectivity index (χ4n) is 2.76. The van der Waals surface area contributed by atoms with Crippen molar-refractivity contribution >= 4 is 29.1 Å². The number of hydrogen-bond donors (Lipinski definition) is 0. The van der Waals surface area contributed by atoms with E-state index in [1.807, 2.05) is 24.4 Å². The number of amides is 3. The summed E-state index contributed by atoms with van der Waals surface area (Å²) in [6.45, 7) is 2.07. The molecule has 0 radical (unpaired) electrons. The van der Waals surface area contributed by atoms with E-state index >= 15 is 0 Å². The first-order valence-electron chi connectivity index (χ1n) is 7.75. The molecular weight excluding hydrogens is 324 g/mol. The third-order valence-corrected chi connectivity index (χ3v) is 5.40. The van der Waals surface area contributed by atoms with Crippen molar-refractivity contribution in [3.8, 4) is 0 Å². The van der Waals surface area contributed by atoms with Crippen molar-refractivity contribution in [3.05, 3.63) is 57.8 Å². The Morgan fingerprint density at radius 3 is 2.29 bits per heavy atom. The van der Waals surface area contributed by atoms with Crippen LogP contribution in [0.2, 0.25) is 0 Å². The quantitative estimate of drug-likeness (QED) is 0.785. The summed E-state index contributed by atoms with van der Waals surface area (Å²) in [5.74, 6) is -0.734. The van der Waals surface area contributed by atoms with Gasteiger partial charge >= 0.3 is 0 Å². The highest BCUT2D eigenvalue weighted by Crippen LogP contribution is 2.25. The minimum atomic E-state index is -0.322. The number of hydrogen-bond acceptors (Lipinski definition) is 4. The van der Waals surface area contributed by atoms with Crippen molar-refractivity contribution < 1.29 is 14.4 Å². The van der Waals surface area contributed by atoms with Crippen molar-refractivity contribution in [2.45, 2.75) is 19.4 Å². The molecule has 3 rings (SSSR count). The molecule has 0 aliphatic carbocycles. The van der Waals surface area contributed by atoms with E-state index < -0.39 is 0 Å². The summed E-state index contributed by atoms with van der Waals surface area (Å²) in [5, 5.41) is 1.98. The van der Waals surface area contributed by atoms with E-state index in [9.17, 15) is 14.4 Å².